The fourth-order valence-corrected chi connectivity index (χ4v) is 4.97. The number of allylic oxidation sites excluding steroid dienone is 3. The average molecular weight is 407 g/mol. The average Bonchev–Trinajstić information content (AvgIpc) is 2.53. The maximum absolute atomic E-state index is 13.8. The van der Waals surface area contributed by atoms with Gasteiger partial charge in [0, 0.05) is 11.3 Å². The number of alkyl halides is 1. The summed E-state index contributed by atoms with van der Waals surface area (Å²) in [6, 6.07) is 5.15. The second-order valence-corrected chi connectivity index (χ2v) is 9.90. The number of cyclic esters (lactones) is 1. The molecule has 1 fully saturated rings. The van der Waals surface area contributed by atoms with Gasteiger partial charge in [-0.05, 0) is 72.6 Å². The molecule has 2 aliphatic rings. The van der Waals surface area contributed by atoms with Crippen molar-refractivity contribution in [1.29, 1.82) is 0 Å². The van der Waals surface area contributed by atoms with Gasteiger partial charge in [-0.25, -0.2) is 4.39 Å². The molecule has 3 nitrogen and oxygen atoms in total. The molecule has 1 saturated heterocycles. The van der Waals surface area contributed by atoms with E-state index in [-0.39, 0.29) is 23.6 Å². The standard InChI is InChI=1S/C23H28ClFO3/c1-14-9-15(5-8-20(14)25)18-12-23(4,24)13-22(2,3)19(18)7-6-17-10-16(26)11-21(27)28-17/h5-9,16-17,26H,10-13H2,1-4H3/b7-6+. The Kier molecular flexibility index (Phi) is 5.75. The SMILES string of the molecule is Cc1cc(C2=C(/C=C/C3CC(O)CC(=O)O3)C(C)(C)CC(C)(Cl)C2)ccc1F. The van der Waals surface area contributed by atoms with Crippen LogP contribution in [0.2, 0.25) is 0 Å². The number of aliphatic hydroxyl groups excluding tert-OH is 1. The van der Waals surface area contributed by atoms with Gasteiger partial charge in [0.1, 0.15) is 11.9 Å². The van der Waals surface area contributed by atoms with Gasteiger partial charge in [-0.1, -0.05) is 26.0 Å². The number of carbonyl (C=O) groups is 1. The monoisotopic (exact) mass is 406 g/mol. The number of esters is 1. The first kappa shape index (κ1) is 21.1. The Bertz CT molecular complexity index is 838. The van der Waals surface area contributed by atoms with Gasteiger partial charge in [-0.3, -0.25) is 4.79 Å². The van der Waals surface area contributed by atoms with Crippen LogP contribution in [0.15, 0.2) is 35.9 Å². The fraction of sp³-hybridized carbons (Fsp3) is 0.522. The van der Waals surface area contributed by atoms with Gasteiger partial charge in [-0.15, -0.1) is 11.6 Å². The molecule has 1 aliphatic carbocycles. The molecule has 0 bridgehead atoms. The van der Waals surface area contributed by atoms with E-state index < -0.39 is 17.1 Å². The Balaban J connectivity index is 2.04. The quantitative estimate of drug-likeness (QED) is 0.545. The number of hydrogen-bond donors (Lipinski definition) is 1. The number of rotatable bonds is 3. The van der Waals surface area contributed by atoms with Crippen molar-refractivity contribution in [2.45, 2.75) is 70.5 Å². The third-order valence-corrected chi connectivity index (χ3v) is 5.85. The van der Waals surface area contributed by atoms with Crippen LogP contribution in [0.3, 0.4) is 0 Å². The lowest BCUT2D eigenvalue weighted by molar-refractivity contribution is -0.156. The Morgan fingerprint density at radius 1 is 1.32 bits per heavy atom. The Morgan fingerprint density at radius 3 is 2.68 bits per heavy atom. The van der Waals surface area contributed by atoms with Gasteiger partial charge in [0.05, 0.1) is 12.5 Å². The highest BCUT2D eigenvalue weighted by molar-refractivity contribution is 6.24. The van der Waals surface area contributed by atoms with Crippen LogP contribution in [0.1, 0.15) is 57.6 Å². The number of aliphatic hydroxyl groups is 1. The van der Waals surface area contributed by atoms with Gasteiger partial charge in [0.15, 0.2) is 0 Å². The largest absolute Gasteiger partial charge is 0.458 e. The molecule has 152 valence electrons. The molecule has 1 aromatic carbocycles. The summed E-state index contributed by atoms with van der Waals surface area (Å²) in [5, 5.41) is 9.85. The second-order valence-electron chi connectivity index (χ2n) is 8.99. The highest BCUT2D eigenvalue weighted by atomic mass is 35.5. The van der Waals surface area contributed by atoms with Crippen molar-refractivity contribution in [3.8, 4) is 0 Å². The number of carbonyl (C=O) groups excluding carboxylic acids is 1. The number of hydrogen-bond acceptors (Lipinski definition) is 3. The lowest BCUT2D eigenvalue weighted by Gasteiger charge is -2.42. The molecule has 1 N–H and O–H groups in total. The molecule has 1 aliphatic heterocycles. The lowest BCUT2D eigenvalue weighted by atomic mass is 9.67. The minimum Gasteiger partial charge on any atom is -0.458 e. The second kappa shape index (κ2) is 7.64. The van der Waals surface area contributed by atoms with E-state index in [1.165, 1.54) is 6.07 Å². The molecule has 0 aromatic heterocycles. The molecule has 3 atom stereocenters. The van der Waals surface area contributed by atoms with Crippen LogP contribution in [0.25, 0.3) is 5.57 Å². The summed E-state index contributed by atoms with van der Waals surface area (Å²) in [6.07, 6.45) is 4.63. The molecular weight excluding hydrogens is 379 g/mol. The van der Waals surface area contributed by atoms with Crippen molar-refractivity contribution in [3.05, 3.63) is 52.9 Å². The summed E-state index contributed by atoms with van der Waals surface area (Å²) < 4.78 is 19.2. The number of halogens is 2. The molecule has 0 amide bonds. The molecule has 0 spiro atoms. The lowest BCUT2D eigenvalue weighted by Crippen LogP contribution is -2.34. The van der Waals surface area contributed by atoms with Crippen LogP contribution in [0, 0.1) is 18.2 Å². The fourth-order valence-electron chi connectivity index (χ4n) is 4.50. The third-order valence-electron chi connectivity index (χ3n) is 5.58. The molecule has 0 radical (unpaired) electrons. The van der Waals surface area contributed by atoms with Crippen molar-refractivity contribution in [2.75, 3.05) is 0 Å². The molecule has 1 aromatic rings. The topological polar surface area (TPSA) is 46.5 Å². The first-order valence-electron chi connectivity index (χ1n) is 9.72. The molecule has 28 heavy (non-hydrogen) atoms. The maximum Gasteiger partial charge on any atom is 0.309 e. The van der Waals surface area contributed by atoms with Crippen LogP contribution in [-0.4, -0.2) is 28.2 Å². The summed E-state index contributed by atoms with van der Waals surface area (Å²) in [5.74, 6) is -0.610. The van der Waals surface area contributed by atoms with E-state index in [9.17, 15) is 14.3 Å². The Morgan fingerprint density at radius 2 is 2.04 bits per heavy atom. The molecule has 3 unspecified atom stereocenters. The van der Waals surface area contributed by atoms with Crippen LogP contribution in [-0.2, 0) is 9.53 Å². The predicted molar refractivity (Wildman–Crippen MR) is 110 cm³/mol. The van der Waals surface area contributed by atoms with Crippen molar-refractivity contribution in [3.63, 3.8) is 0 Å². The highest BCUT2D eigenvalue weighted by Gasteiger charge is 2.40. The van der Waals surface area contributed by atoms with E-state index in [4.69, 9.17) is 16.3 Å². The van der Waals surface area contributed by atoms with Crippen LogP contribution >= 0.6 is 11.6 Å². The van der Waals surface area contributed by atoms with Gasteiger partial charge >= 0.3 is 5.97 Å². The predicted octanol–water partition coefficient (Wildman–Crippen LogP) is 5.33. The van der Waals surface area contributed by atoms with Gasteiger partial charge < -0.3 is 9.84 Å². The van der Waals surface area contributed by atoms with Crippen molar-refractivity contribution >= 4 is 23.1 Å². The highest BCUT2D eigenvalue weighted by Crippen LogP contribution is 2.51. The van der Waals surface area contributed by atoms with Gasteiger partial charge in [0.2, 0.25) is 0 Å². The van der Waals surface area contributed by atoms with E-state index in [0.717, 1.165) is 23.1 Å². The van der Waals surface area contributed by atoms with Crippen LogP contribution in [0.4, 0.5) is 4.39 Å². The zero-order valence-corrected chi connectivity index (χ0v) is 17.6. The first-order valence-corrected chi connectivity index (χ1v) is 10.1. The summed E-state index contributed by atoms with van der Waals surface area (Å²) in [7, 11) is 0. The molecule has 5 heteroatoms. The molecule has 0 saturated carbocycles. The van der Waals surface area contributed by atoms with Gasteiger partial charge in [-0.2, -0.15) is 0 Å². The minimum absolute atomic E-state index is 0.0449. The van der Waals surface area contributed by atoms with Crippen LogP contribution < -0.4 is 0 Å². The van der Waals surface area contributed by atoms with Gasteiger partial charge in [0.25, 0.3) is 0 Å². The smallest absolute Gasteiger partial charge is 0.309 e. The molecule has 3 rings (SSSR count). The summed E-state index contributed by atoms with van der Waals surface area (Å²) in [6.45, 7) is 8.08. The summed E-state index contributed by atoms with van der Waals surface area (Å²) in [4.78, 5) is 11.2. The Labute approximate surface area is 171 Å². The normalized spacial score (nSPS) is 30.6. The number of benzene rings is 1. The Hall–Kier alpha value is -1.65. The third kappa shape index (κ3) is 4.66. The first-order chi connectivity index (χ1) is 13.0. The van der Waals surface area contributed by atoms with E-state index >= 15 is 0 Å². The van der Waals surface area contributed by atoms with Crippen LogP contribution in [0.5, 0.6) is 0 Å². The zero-order chi connectivity index (χ0) is 20.7. The van der Waals surface area contributed by atoms with E-state index in [1.54, 1.807) is 13.0 Å². The molecular formula is C23H28ClFO3. The van der Waals surface area contributed by atoms with Crippen molar-refractivity contribution in [2.24, 2.45) is 5.41 Å². The minimum atomic E-state index is -0.672. The van der Waals surface area contributed by atoms with E-state index in [1.807, 2.05) is 25.1 Å². The number of aryl methyl sites for hydroxylation is 1. The summed E-state index contributed by atoms with van der Waals surface area (Å²) >= 11 is 6.79. The summed E-state index contributed by atoms with van der Waals surface area (Å²) in [5.41, 5.74) is 3.53. The van der Waals surface area contributed by atoms with Crippen molar-refractivity contribution < 1.29 is 19.0 Å². The van der Waals surface area contributed by atoms with Crippen molar-refractivity contribution in [1.82, 2.24) is 0 Å². The molecule has 1 heterocycles. The zero-order valence-electron chi connectivity index (χ0n) is 16.9. The van der Waals surface area contributed by atoms with E-state index in [0.29, 0.717) is 18.4 Å². The number of ether oxygens (including phenoxy) is 1. The van der Waals surface area contributed by atoms with E-state index in [2.05, 4.69) is 13.8 Å². The maximum atomic E-state index is 13.8.